The number of nitrogens with zero attached hydrogens (tertiary/aromatic N) is 3. The van der Waals surface area contributed by atoms with Gasteiger partial charge in [-0.1, -0.05) is 36.4 Å². The topological polar surface area (TPSA) is 99.7 Å². The number of nitrogen functional groups attached to an aromatic ring is 1. The normalized spacial score (nSPS) is 13.9. The number of ether oxygens (including phenoxy) is 2. The molecule has 0 aliphatic carbocycles. The summed E-state index contributed by atoms with van der Waals surface area (Å²) < 4.78 is 61.5. The minimum absolute atomic E-state index is 0.00674. The second-order valence-electron chi connectivity index (χ2n) is 8.90. The fourth-order valence-corrected chi connectivity index (χ4v) is 4.47. The first kappa shape index (κ1) is 27.7. The number of carbonyl (C=O) groups is 1. The molecule has 1 unspecified atom stereocenters. The fraction of sp³-hybridized carbons (Fsp3) is 0.296. The van der Waals surface area contributed by atoms with Gasteiger partial charge in [-0.15, -0.1) is 19.8 Å². The van der Waals surface area contributed by atoms with Crippen LogP contribution in [0, 0.1) is 5.82 Å². The average Bonchev–Trinajstić information content (AvgIpc) is 2.88. The highest BCUT2D eigenvalue weighted by Crippen LogP contribution is 2.29. The number of rotatable bonds is 8. The quantitative estimate of drug-likeness (QED) is 0.232. The Morgan fingerprint density at radius 2 is 1.95 bits per heavy atom. The molecule has 1 amide bonds. The van der Waals surface area contributed by atoms with Crippen LogP contribution in [-0.2, 0) is 13.0 Å². The Morgan fingerprint density at radius 3 is 2.62 bits per heavy atom. The van der Waals surface area contributed by atoms with Gasteiger partial charge in [0.25, 0.3) is 5.56 Å². The molecule has 0 saturated carbocycles. The minimum Gasteiger partial charge on any atom is -0.407 e. The molecular weight excluding hydrogens is 520 g/mol. The molecular formula is C27H26F4N4O4. The summed E-state index contributed by atoms with van der Waals surface area (Å²) in [4.78, 5) is 31.9. The number of benzene rings is 2. The lowest BCUT2D eigenvalue weighted by atomic mass is 9.99. The highest BCUT2D eigenvalue weighted by atomic mass is 19.4. The summed E-state index contributed by atoms with van der Waals surface area (Å²) in [7, 11) is 0. The summed E-state index contributed by atoms with van der Waals surface area (Å²) in [6.45, 7) is 3.72. The van der Waals surface area contributed by atoms with Gasteiger partial charge in [0.2, 0.25) is 5.95 Å². The molecule has 0 saturated heterocycles. The lowest BCUT2D eigenvalue weighted by molar-refractivity contribution is -0.274. The molecule has 0 radical (unpaired) electrons. The molecule has 0 fully saturated rings. The predicted molar refractivity (Wildman–Crippen MR) is 135 cm³/mol. The van der Waals surface area contributed by atoms with E-state index < -0.39 is 29.8 Å². The molecule has 2 N–H and O–H groups in total. The number of hydrogen-bond donors (Lipinski definition) is 1. The van der Waals surface area contributed by atoms with E-state index in [9.17, 15) is 27.2 Å². The number of aromatic nitrogens is 2. The second kappa shape index (κ2) is 11.6. The molecule has 0 spiro atoms. The Balaban J connectivity index is 1.54. The van der Waals surface area contributed by atoms with Crippen molar-refractivity contribution in [2.45, 2.75) is 44.6 Å². The molecule has 39 heavy (non-hydrogen) atoms. The van der Waals surface area contributed by atoms with E-state index in [1.807, 2.05) is 36.4 Å². The summed E-state index contributed by atoms with van der Waals surface area (Å²) >= 11 is 0. The van der Waals surface area contributed by atoms with E-state index in [2.05, 4.69) is 16.3 Å². The van der Waals surface area contributed by atoms with Gasteiger partial charge in [0.15, 0.2) is 11.6 Å². The lowest BCUT2D eigenvalue weighted by Gasteiger charge is -2.29. The maximum absolute atomic E-state index is 14.2. The SMILES string of the molecule is C=CCCCC(c1ccccc1)n1c(N)nc2c(c1=O)CCN(C(=O)Oc1ccc(OC(F)(F)F)cc1F)C2. The van der Waals surface area contributed by atoms with Crippen LogP contribution in [0.1, 0.15) is 42.1 Å². The van der Waals surface area contributed by atoms with E-state index in [1.54, 1.807) is 0 Å². The molecule has 206 valence electrons. The number of fused-ring (bicyclic) bond motifs is 1. The first-order valence-corrected chi connectivity index (χ1v) is 12.1. The first-order chi connectivity index (χ1) is 18.6. The van der Waals surface area contributed by atoms with Crippen LogP contribution in [0.3, 0.4) is 0 Å². The smallest absolute Gasteiger partial charge is 0.407 e. The van der Waals surface area contributed by atoms with Crippen LogP contribution in [0.4, 0.5) is 28.3 Å². The second-order valence-corrected chi connectivity index (χ2v) is 8.90. The van der Waals surface area contributed by atoms with E-state index in [0.29, 0.717) is 23.7 Å². The monoisotopic (exact) mass is 546 g/mol. The number of allylic oxidation sites excluding steroid dienone is 1. The van der Waals surface area contributed by atoms with Crippen molar-refractivity contribution in [2.75, 3.05) is 12.3 Å². The van der Waals surface area contributed by atoms with E-state index >= 15 is 0 Å². The Hall–Kier alpha value is -4.35. The third-order valence-corrected chi connectivity index (χ3v) is 6.27. The van der Waals surface area contributed by atoms with Crippen LogP contribution in [0.25, 0.3) is 0 Å². The number of halogens is 4. The fourth-order valence-electron chi connectivity index (χ4n) is 4.47. The van der Waals surface area contributed by atoms with Crippen LogP contribution < -0.4 is 20.8 Å². The van der Waals surface area contributed by atoms with Crippen LogP contribution in [0.2, 0.25) is 0 Å². The van der Waals surface area contributed by atoms with E-state index in [0.717, 1.165) is 30.5 Å². The number of hydrogen-bond acceptors (Lipinski definition) is 6. The summed E-state index contributed by atoms with van der Waals surface area (Å²) in [5.41, 5.74) is 7.58. The zero-order valence-electron chi connectivity index (χ0n) is 20.8. The predicted octanol–water partition coefficient (Wildman–Crippen LogP) is 5.37. The van der Waals surface area contributed by atoms with Crippen molar-refractivity contribution in [1.82, 2.24) is 14.5 Å². The van der Waals surface area contributed by atoms with E-state index in [4.69, 9.17) is 10.5 Å². The molecule has 1 aromatic heterocycles. The van der Waals surface area contributed by atoms with Gasteiger partial charge in [0.05, 0.1) is 18.3 Å². The number of anilines is 1. The summed E-state index contributed by atoms with van der Waals surface area (Å²) in [5.74, 6) is -2.58. The minimum atomic E-state index is -4.99. The van der Waals surface area contributed by atoms with Gasteiger partial charge in [-0.05, 0) is 43.4 Å². The van der Waals surface area contributed by atoms with Gasteiger partial charge in [-0.25, -0.2) is 14.2 Å². The van der Waals surface area contributed by atoms with Crippen molar-refractivity contribution < 1.29 is 31.8 Å². The summed E-state index contributed by atoms with van der Waals surface area (Å²) in [6.07, 6.45) is -1.80. The number of nitrogens with two attached hydrogens (primary N) is 1. The van der Waals surface area contributed by atoms with Crippen LogP contribution >= 0.6 is 0 Å². The Morgan fingerprint density at radius 1 is 1.21 bits per heavy atom. The molecule has 4 rings (SSSR count). The molecule has 3 aromatic rings. The van der Waals surface area contributed by atoms with Crippen LogP contribution in [0.5, 0.6) is 11.5 Å². The van der Waals surface area contributed by atoms with Crippen LogP contribution in [0.15, 0.2) is 66.0 Å². The molecule has 1 aliphatic heterocycles. The highest BCUT2D eigenvalue weighted by molar-refractivity contribution is 5.71. The van der Waals surface area contributed by atoms with Gasteiger partial charge >= 0.3 is 12.5 Å². The Bertz CT molecular complexity index is 1410. The van der Waals surface area contributed by atoms with Crippen molar-refractivity contribution in [3.8, 4) is 11.5 Å². The Kier molecular flexibility index (Phi) is 8.22. The number of amides is 1. The van der Waals surface area contributed by atoms with Gasteiger partial charge in [0, 0.05) is 18.2 Å². The molecule has 0 bridgehead atoms. The van der Waals surface area contributed by atoms with Gasteiger partial charge in [-0.3, -0.25) is 9.36 Å². The third kappa shape index (κ3) is 6.57. The van der Waals surface area contributed by atoms with Crippen molar-refractivity contribution in [3.63, 3.8) is 0 Å². The summed E-state index contributed by atoms with van der Waals surface area (Å²) in [6, 6.07) is 11.3. The molecule has 2 aromatic carbocycles. The number of unbranched alkanes of at least 4 members (excludes halogenated alkanes) is 1. The van der Waals surface area contributed by atoms with Crippen molar-refractivity contribution >= 4 is 12.0 Å². The first-order valence-electron chi connectivity index (χ1n) is 12.1. The molecule has 12 heteroatoms. The van der Waals surface area contributed by atoms with Gasteiger partial charge in [0.1, 0.15) is 5.75 Å². The summed E-state index contributed by atoms with van der Waals surface area (Å²) in [5, 5.41) is 0. The number of carbonyl (C=O) groups excluding carboxylic acids is 1. The molecule has 1 aliphatic rings. The largest absolute Gasteiger partial charge is 0.573 e. The van der Waals surface area contributed by atoms with Gasteiger partial charge < -0.3 is 20.1 Å². The highest BCUT2D eigenvalue weighted by Gasteiger charge is 2.32. The molecule has 8 nitrogen and oxygen atoms in total. The molecule has 1 atom stereocenters. The zero-order valence-corrected chi connectivity index (χ0v) is 20.8. The van der Waals surface area contributed by atoms with E-state index in [-0.39, 0.29) is 37.1 Å². The van der Waals surface area contributed by atoms with E-state index in [1.165, 1.54) is 9.47 Å². The Labute approximate surface area is 221 Å². The third-order valence-electron chi connectivity index (χ3n) is 6.27. The van der Waals surface area contributed by atoms with Crippen molar-refractivity contribution in [3.05, 3.63) is 94.2 Å². The van der Waals surface area contributed by atoms with Gasteiger partial charge in [-0.2, -0.15) is 0 Å². The number of alkyl halides is 3. The van der Waals surface area contributed by atoms with Crippen LogP contribution in [-0.4, -0.2) is 33.5 Å². The van der Waals surface area contributed by atoms with Crippen molar-refractivity contribution in [1.29, 1.82) is 0 Å². The maximum Gasteiger partial charge on any atom is 0.573 e. The standard InChI is InChI=1S/C27H26F4N4O4/c1-2-3-5-10-22(17-8-6-4-7-9-17)35-24(36)19-13-14-34(16-21(19)33-25(35)32)26(37)38-23-12-11-18(15-20(23)28)39-27(29,30)31/h2,4,6-9,11-12,15,22H,1,3,5,10,13-14,16H2,(H2,32,33). The van der Waals surface area contributed by atoms with Crippen molar-refractivity contribution in [2.24, 2.45) is 0 Å². The maximum atomic E-state index is 14.2. The zero-order chi connectivity index (χ0) is 28.2. The molecule has 2 heterocycles. The average molecular weight is 547 g/mol. The lowest BCUT2D eigenvalue weighted by Crippen LogP contribution is -2.43.